The third kappa shape index (κ3) is 5.27. The van der Waals surface area contributed by atoms with Crippen molar-refractivity contribution < 1.29 is 17.9 Å². The molecule has 8 heteroatoms. The van der Waals surface area contributed by atoms with Crippen LogP contribution >= 0.6 is 0 Å². The predicted molar refractivity (Wildman–Crippen MR) is 95.1 cm³/mol. The maximum atomic E-state index is 12.3. The van der Waals surface area contributed by atoms with E-state index in [-0.39, 0.29) is 23.8 Å². The van der Waals surface area contributed by atoms with Crippen LogP contribution in [0, 0.1) is 13.8 Å². The number of pyridine rings is 1. The van der Waals surface area contributed by atoms with Crippen LogP contribution in [0.4, 0.5) is 5.69 Å². The fraction of sp³-hybridized carbons (Fsp3) is 0.294. The minimum atomic E-state index is -3.65. The predicted octanol–water partition coefficient (Wildman–Crippen LogP) is 2.01. The van der Waals surface area contributed by atoms with Crippen molar-refractivity contribution in [2.75, 3.05) is 19.0 Å². The van der Waals surface area contributed by atoms with Crippen molar-refractivity contribution in [1.82, 2.24) is 9.71 Å². The molecule has 7 nitrogen and oxygen atoms in total. The third-order valence-corrected chi connectivity index (χ3v) is 5.11. The van der Waals surface area contributed by atoms with E-state index in [1.54, 1.807) is 31.2 Å². The van der Waals surface area contributed by atoms with Crippen LogP contribution in [0.5, 0.6) is 5.88 Å². The van der Waals surface area contributed by atoms with Crippen molar-refractivity contribution in [3.8, 4) is 5.88 Å². The van der Waals surface area contributed by atoms with Gasteiger partial charge in [0.05, 0.1) is 23.9 Å². The number of ether oxygens (including phenoxy) is 1. The highest BCUT2D eigenvalue weighted by Gasteiger charge is 2.17. The number of sulfonamides is 1. The molecule has 0 spiro atoms. The molecule has 0 aliphatic carbocycles. The van der Waals surface area contributed by atoms with E-state index in [0.29, 0.717) is 17.1 Å². The van der Waals surface area contributed by atoms with Gasteiger partial charge in [-0.2, -0.15) is 0 Å². The first kappa shape index (κ1) is 18.9. The summed E-state index contributed by atoms with van der Waals surface area (Å²) in [6.07, 6.45) is 1.48. The maximum Gasteiger partial charge on any atom is 0.240 e. The Morgan fingerprint density at radius 2 is 1.96 bits per heavy atom. The molecule has 134 valence electrons. The topological polar surface area (TPSA) is 97.4 Å². The molecule has 2 N–H and O–H groups in total. The normalized spacial score (nSPS) is 11.2. The maximum absolute atomic E-state index is 12.3. The Labute approximate surface area is 147 Å². The molecule has 0 unspecified atom stereocenters. The van der Waals surface area contributed by atoms with Crippen LogP contribution in [0.3, 0.4) is 0 Å². The second-order valence-corrected chi connectivity index (χ2v) is 7.29. The van der Waals surface area contributed by atoms with Gasteiger partial charge >= 0.3 is 0 Å². The lowest BCUT2D eigenvalue weighted by molar-refractivity contribution is -0.116. The van der Waals surface area contributed by atoms with Gasteiger partial charge in [0, 0.05) is 19.0 Å². The monoisotopic (exact) mass is 363 g/mol. The minimum Gasteiger partial charge on any atom is -0.481 e. The number of benzene rings is 1. The van der Waals surface area contributed by atoms with E-state index in [1.807, 2.05) is 13.0 Å². The molecule has 2 rings (SSSR count). The molecule has 0 fully saturated rings. The van der Waals surface area contributed by atoms with Crippen molar-refractivity contribution in [2.24, 2.45) is 0 Å². The van der Waals surface area contributed by atoms with Gasteiger partial charge in [-0.25, -0.2) is 18.1 Å². The number of amides is 1. The molecule has 1 amide bonds. The van der Waals surface area contributed by atoms with Gasteiger partial charge in [-0.1, -0.05) is 12.1 Å². The Balaban J connectivity index is 1.90. The van der Waals surface area contributed by atoms with Gasteiger partial charge in [0.25, 0.3) is 0 Å². The van der Waals surface area contributed by atoms with Crippen LogP contribution in [-0.2, 0) is 14.8 Å². The smallest absolute Gasteiger partial charge is 0.240 e. The standard InChI is InChI=1S/C17H21N3O4S/c1-12-4-5-13(2)15(10-12)25(22,23)19-9-8-16(21)20-14-6-7-17(24-3)18-11-14/h4-7,10-11,19H,8-9H2,1-3H3,(H,20,21). The Hall–Kier alpha value is -2.45. The zero-order valence-electron chi connectivity index (χ0n) is 14.4. The van der Waals surface area contributed by atoms with Crippen LogP contribution < -0.4 is 14.8 Å². The number of carbonyl (C=O) groups excluding carboxylic acids is 1. The molecule has 0 aliphatic heterocycles. The number of aromatic nitrogens is 1. The minimum absolute atomic E-state index is 0.00509. The SMILES string of the molecule is COc1ccc(NC(=O)CCNS(=O)(=O)c2cc(C)ccc2C)cn1. The van der Waals surface area contributed by atoms with Crippen molar-refractivity contribution >= 4 is 21.6 Å². The Bertz CT molecular complexity index is 849. The molecule has 0 bridgehead atoms. The number of carbonyl (C=O) groups is 1. The fourth-order valence-corrected chi connectivity index (χ4v) is 3.53. The molecule has 1 heterocycles. The summed E-state index contributed by atoms with van der Waals surface area (Å²) in [6.45, 7) is 3.57. The Kier molecular flexibility index (Phi) is 6.11. The van der Waals surface area contributed by atoms with Crippen LogP contribution in [0.15, 0.2) is 41.4 Å². The van der Waals surface area contributed by atoms with Gasteiger partial charge < -0.3 is 10.1 Å². The molecular formula is C17H21N3O4S. The van der Waals surface area contributed by atoms with Crippen molar-refractivity contribution in [3.63, 3.8) is 0 Å². The molecule has 2 aromatic rings. The zero-order valence-corrected chi connectivity index (χ0v) is 15.2. The number of methoxy groups -OCH3 is 1. The second-order valence-electron chi connectivity index (χ2n) is 5.55. The molecule has 0 radical (unpaired) electrons. The number of hydrogen-bond donors (Lipinski definition) is 2. The highest BCUT2D eigenvalue weighted by Crippen LogP contribution is 2.16. The lowest BCUT2D eigenvalue weighted by Crippen LogP contribution is -2.28. The van der Waals surface area contributed by atoms with Crippen molar-refractivity contribution in [2.45, 2.75) is 25.2 Å². The third-order valence-electron chi connectivity index (χ3n) is 3.51. The summed E-state index contributed by atoms with van der Waals surface area (Å²) in [4.78, 5) is 16.1. The van der Waals surface area contributed by atoms with E-state index in [0.717, 1.165) is 5.56 Å². The van der Waals surface area contributed by atoms with E-state index in [4.69, 9.17) is 4.74 Å². The van der Waals surface area contributed by atoms with Gasteiger partial charge in [-0.3, -0.25) is 4.79 Å². The number of nitrogens with one attached hydrogen (secondary N) is 2. The van der Waals surface area contributed by atoms with Gasteiger partial charge in [0.15, 0.2) is 0 Å². The fourth-order valence-electron chi connectivity index (χ4n) is 2.17. The van der Waals surface area contributed by atoms with Gasteiger partial charge in [0.2, 0.25) is 21.8 Å². The summed E-state index contributed by atoms with van der Waals surface area (Å²) in [5.74, 6) is 0.134. The molecule has 1 aromatic carbocycles. The Morgan fingerprint density at radius 3 is 2.60 bits per heavy atom. The number of rotatable bonds is 7. The number of nitrogens with zero attached hydrogens (tertiary/aromatic N) is 1. The van der Waals surface area contributed by atoms with E-state index in [2.05, 4.69) is 15.0 Å². The van der Waals surface area contributed by atoms with E-state index < -0.39 is 10.0 Å². The Morgan fingerprint density at radius 1 is 1.20 bits per heavy atom. The molecule has 0 saturated carbocycles. The first-order valence-corrected chi connectivity index (χ1v) is 9.17. The van der Waals surface area contributed by atoms with Crippen LogP contribution in [0.2, 0.25) is 0 Å². The average molecular weight is 363 g/mol. The summed E-state index contributed by atoms with van der Waals surface area (Å²) < 4.78 is 32.1. The molecule has 0 aliphatic rings. The van der Waals surface area contributed by atoms with Gasteiger partial charge in [-0.15, -0.1) is 0 Å². The molecule has 1 aromatic heterocycles. The lowest BCUT2D eigenvalue weighted by Gasteiger charge is -2.10. The summed E-state index contributed by atoms with van der Waals surface area (Å²) in [5, 5.41) is 2.65. The second kappa shape index (κ2) is 8.09. The first-order chi connectivity index (χ1) is 11.8. The van der Waals surface area contributed by atoms with Crippen LogP contribution in [-0.4, -0.2) is 33.0 Å². The molecule has 0 atom stereocenters. The summed E-state index contributed by atoms with van der Waals surface area (Å²) in [7, 11) is -2.15. The van der Waals surface area contributed by atoms with Gasteiger partial charge in [-0.05, 0) is 37.1 Å². The van der Waals surface area contributed by atoms with E-state index >= 15 is 0 Å². The number of hydrogen-bond acceptors (Lipinski definition) is 5. The highest BCUT2D eigenvalue weighted by molar-refractivity contribution is 7.89. The van der Waals surface area contributed by atoms with Crippen molar-refractivity contribution in [3.05, 3.63) is 47.7 Å². The first-order valence-electron chi connectivity index (χ1n) is 7.68. The number of aryl methyl sites for hydroxylation is 2. The summed E-state index contributed by atoms with van der Waals surface area (Å²) in [5.41, 5.74) is 2.03. The number of anilines is 1. The molecular weight excluding hydrogens is 342 g/mol. The van der Waals surface area contributed by atoms with Crippen LogP contribution in [0.25, 0.3) is 0 Å². The van der Waals surface area contributed by atoms with E-state index in [9.17, 15) is 13.2 Å². The van der Waals surface area contributed by atoms with Gasteiger partial charge in [0.1, 0.15) is 0 Å². The van der Waals surface area contributed by atoms with E-state index in [1.165, 1.54) is 13.3 Å². The average Bonchev–Trinajstić information content (AvgIpc) is 2.57. The quantitative estimate of drug-likeness (QED) is 0.784. The zero-order chi connectivity index (χ0) is 18.4. The summed E-state index contributed by atoms with van der Waals surface area (Å²) >= 11 is 0. The van der Waals surface area contributed by atoms with Crippen LogP contribution in [0.1, 0.15) is 17.5 Å². The highest BCUT2D eigenvalue weighted by atomic mass is 32.2. The largest absolute Gasteiger partial charge is 0.481 e. The molecule has 25 heavy (non-hydrogen) atoms. The lowest BCUT2D eigenvalue weighted by atomic mass is 10.2. The summed E-state index contributed by atoms with van der Waals surface area (Å²) in [6, 6.07) is 8.50. The molecule has 0 saturated heterocycles. The van der Waals surface area contributed by atoms with Crippen molar-refractivity contribution in [1.29, 1.82) is 0 Å².